The molecule has 3 rings (SSSR count). The zero-order valence-electron chi connectivity index (χ0n) is 14.7. The number of aromatic amines is 1. The summed E-state index contributed by atoms with van der Waals surface area (Å²) in [5.41, 5.74) is 4.39. The standard InChI is InChI=1S/C16H18N3O9P/c17-14(21)9-3-1-8(2-4-9)10-6-19(16(23)18-15(10)22)13-5-11(20)12(28-13)7-27-29(24,25)26/h1-4,6,11-13,20H,5,7H2,(H2,17,21)(H,18,22,23)(H2,24,25,26)/p-2. The molecule has 2 aromatic rings. The zero-order valence-corrected chi connectivity index (χ0v) is 15.6. The minimum absolute atomic E-state index is 0.0852. The third-order valence-corrected chi connectivity index (χ3v) is 4.82. The van der Waals surface area contributed by atoms with Crippen LogP contribution in [0.25, 0.3) is 11.1 Å². The highest BCUT2D eigenvalue weighted by Crippen LogP contribution is 2.32. The summed E-state index contributed by atoms with van der Waals surface area (Å²) < 4.78 is 21.2. The van der Waals surface area contributed by atoms with Crippen LogP contribution >= 0.6 is 7.82 Å². The number of H-pyrrole nitrogens is 1. The first-order chi connectivity index (χ1) is 13.5. The summed E-state index contributed by atoms with van der Waals surface area (Å²) in [7, 11) is -5.25. The molecule has 1 aliphatic rings. The highest BCUT2D eigenvalue weighted by Gasteiger charge is 2.36. The number of amides is 1. The molecule has 3 atom stereocenters. The van der Waals surface area contributed by atoms with Gasteiger partial charge in [-0.3, -0.25) is 19.1 Å². The van der Waals surface area contributed by atoms with Gasteiger partial charge < -0.3 is 34.5 Å². The third-order valence-electron chi connectivity index (χ3n) is 4.36. The Morgan fingerprint density at radius 2 is 2.00 bits per heavy atom. The van der Waals surface area contributed by atoms with Crippen LogP contribution in [0.1, 0.15) is 23.0 Å². The first-order valence-electron chi connectivity index (χ1n) is 8.31. The van der Waals surface area contributed by atoms with Gasteiger partial charge in [0.2, 0.25) is 5.91 Å². The van der Waals surface area contributed by atoms with Crippen molar-refractivity contribution in [1.29, 1.82) is 0 Å². The van der Waals surface area contributed by atoms with E-state index in [1.54, 1.807) is 0 Å². The average molecular weight is 425 g/mol. The fourth-order valence-corrected chi connectivity index (χ4v) is 3.25. The average Bonchev–Trinajstić information content (AvgIpc) is 3.00. The van der Waals surface area contributed by atoms with Crippen molar-refractivity contribution in [3.63, 3.8) is 0 Å². The van der Waals surface area contributed by atoms with Gasteiger partial charge in [0.1, 0.15) is 12.3 Å². The molecule has 0 spiro atoms. The van der Waals surface area contributed by atoms with Crippen LogP contribution in [0.2, 0.25) is 0 Å². The molecule has 0 saturated carbocycles. The summed E-state index contributed by atoms with van der Waals surface area (Å²) in [4.78, 5) is 58.9. The second-order valence-corrected chi connectivity index (χ2v) is 7.48. The lowest BCUT2D eigenvalue weighted by atomic mass is 10.1. The second-order valence-electron chi connectivity index (χ2n) is 6.33. The van der Waals surface area contributed by atoms with Gasteiger partial charge in [-0.15, -0.1) is 0 Å². The van der Waals surface area contributed by atoms with Crippen molar-refractivity contribution in [2.24, 2.45) is 5.73 Å². The van der Waals surface area contributed by atoms with E-state index in [0.29, 0.717) is 5.56 Å². The number of hydrogen-bond acceptors (Lipinski definition) is 9. The molecule has 1 aliphatic heterocycles. The molecule has 13 heteroatoms. The van der Waals surface area contributed by atoms with E-state index in [0.717, 1.165) is 4.57 Å². The number of primary amides is 1. The van der Waals surface area contributed by atoms with Crippen molar-refractivity contribution in [1.82, 2.24) is 9.55 Å². The Balaban J connectivity index is 1.88. The van der Waals surface area contributed by atoms with Crippen LogP contribution in [0, 0.1) is 0 Å². The van der Waals surface area contributed by atoms with E-state index >= 15 is 0 Å². The Hall–Kier alpha value is -2.60. The van der Waals surface area contributed by atoms with Gasteiger partial charge in [-0.05, 0) is 17.7 Å². The topological polar surface area (TPSA) is 200 Å². The fraction of sp³-hybridized carbons (Fsp3) is 0.312. The van der Waals surface area contributed by atoms with Crippen molar-refractivity contribution in [2.45, 2.75) is 24.9 Å². The maximum absolute atomic E-state index is 12.2. The molecule has 156 valence electrons. The van der Waals surface area contributed by atoms with Crippen LogP contribution in [-0.4, -0.2) is 39.4 Å². The molecule has 0 bridgehead atoms. The number of aliphatic hydroxyl groups is 1. The molecule has 12 nitrogen and oxygen atoms in total. The van der Waals surface area contributed by atoms with E-state index < -0.39 is 50.0 Å². The Morgan fingerprint density at radius 1 is 1.34 bits per heavy atom. The largest absolute Gasteiger partial charge is 0.790 e. The molecule has 3 unspecified atom stereocenters. The number of benzene rings is 1. The molecule has 1 aromatic carbocycles. The number of ether oxygens (including phenoxy) is 1. The van der Waals surface area contributed by atoms with E-state index in [1.165, 1.54) is 30.5 Å². The van der Waals surface area contributed by atoms with Crippen molar-refractivity contribution in [3.8, 4) is 11.1 Å². The fourth-order valence-electron chi connectivity index (χ4n) is 2.92. The van der Waals surface area contributed by atoms with Gasteiger partial charge in [-0.25, -0.2) is 4.79 Å². The molecule has 0 aliphatic carbocycles. The number of aromatic nitrogens is 2. The van der Waals surface area contributed by atoms with Gasteiger partial charge in [0.25, 0.3) is 5.56 Å². The third kappa shape index (κ3) is 4.88. The number of phosphoric ester groups is 1. The van der Waals surface area contributed by atoms with Gasteiger partial charge in [0.15, 0.2) is 0 Å². The number of carbonyl (C=O) groups is 1. The summed E-state index contributed by atoms with van der Waals surface area (Å²) >= 11 is 0. The molecule has 2 heterocycles. The first-order valence-corrected chi connectivity index (χ1v) is 9.77. The van der Waals surface area contributed by atoms with Crippen molar-refractivity contribution in [2.75, 3.05) is 6.61 Å². The van der Waals surface area contributed by atoms with Gasteiger partial charge in [0, 0.05) is 18.2 Å². The smallest absolute Gasteiger partial charge is 0.330 e. The van der Waals surface area contributed by atoms with Gasteiger partial charge in [-0.1, -0.05) is 12.1 Å². The summed E-state index contributed by atoms with van der Waals surface area (Å²) in [6.07, 6.45) is -2.30. The monoisotopic (exact) mass is 425 g/mol. The van der Waals surface area contributed by atoms with Gasteiger partial charge in [-0.2, -0.15) is 0 Å². The van der Waals surface area contributed by atoms with Crippen LogP contribution in [0.4, 0.5) is 0 Å². The number of hydrogen-bond donors (Lipinski definition) is 3. The van der Waals surface area contributed by atoms with Crippen molar-refractivity contribution in [3.05, 3.63) is 56.9 Å². The Bertz CT molecular complexity index is 1070. The molecule has 4 N–H and O–H groups in total. The van der Waals surface area contributed by atoms with Crippen LogP contribution in [0.15, 0.2) is 40.1 Å². The lowest BCUT2D eigenvalue weighted by molar-refractivity contribution is -0.343. The molecular formula is C16H16N3O9P-2. The molecule has 1 amide bonds. The van der Waals surface area contributed by atoms with Crippen molar-refractivity contribution < 1.29 is 33.5 Å². The maximum Gasteiger partial charge on any atom is 0.330 e. The quantitative estimate of drug-likeness (QED) is 0.429. The minimum atomic E-state index is -5.25. The Labute approximate surface area is 162 Å². The normalized spacial score (nSPS) is 22.0. The molecular weight excluding hydrogens is 409 g/mol. The van der Waals surface area contributed by atoms with Crippen LogP contribution in [0.5, 0.6) is 0 Å². The SMILES string of the molecule is NC(=O)c1ccc(-c2cn(C3CC(O)C(COP(=O)([O-])[O-])O3)c(=O)[nH]c2=O)cc1. The number of nitrogens with two attached hydrogens (primary N) is 1. The predicted molar refractivity (Wildman–Crippen MR) is 93.4 cm³/mol. The van der Waals surface area contributed by atoms with Crippen LogP contribution in [-0.2, 0) is 13.8 Å². The summed E-state index contributed by atoms with van der Waals surface area (Å²) in [5.74, 6) is -0.641. The van der Waals surface area contributed by atoms with E-state index in [2.05, 4.69) is 9.51 Å². The summed E-state index contributed by atoms with van der Waals surface area (Å²) in [6.45, 7) is -0.707. The number of aliphatic hydroxyl groups excluding tert-OH is 1. The molecule has 1 saturated heterocycles. The Morgan fingerprint density at radius 3 is 2.59 bits per heavy atom. The summed E-state index contributed by atoms with van der Waals surface area (Å²) in [6, 6.07) is 5.78. The summed E-state index contributed by atoms with van der Waals surface area (Å²) in [5, 5.41) is 10.0. The van der Waals surface area contributed by atoms with E-state index in [1.807, 2.05) is 0 Å². The number of nitrogens with one attached hydrogen (secondary N) is 1. The highest BCUT2D eigenvalue weighted by atomic mass is 31.2. The van der Waals surface area contributed by atoms with E-state index in [-0.39, 0.29) is 17.5 Å². The molecule has 29 heavy (non-hydrogen) atoms. The lowest BCUT2D eigenvalue weighted by Crippen LogP contribution is -2.33. The Kier molecular flexibility index (Phi) is 5.85. The predicted octanol–water partition coefficient (Wildman–Crippen LogP) is -2.20. The van der Waals surface area contributed by atoms with Crippen LogP contribution < -0.4 is 26.8 Å². The van der Waals surface area contributed by atoms with Gasteiger partial charge >= 0.3 is 5.69 Å². The van der Waals surface area contributed by atoms with Gasteiger partial charge in [0.05, 0.1) is 26.1 Å². The molecule has 0 radical (unpaired) electrons. The minimum Gasteiger partial charge on any atom is -0.790 e. The maximum atomic E-state index is 12.2. The second kappa shape index (κ2) is 8.03. The number of rotatable bonds is 6. The molecule has 1 fully saturated rings. The molecule has 1 aromatic heterocycles. The number of phosphoric acid groups is 1. The van der Waals surface area contributed by atoms with Crippen molar-refractivity contribution >= 4 is 13.7 Å². The van der Waals surface area contributed by atoms with E-state index in [4.69, 9.17) is 10.5 Å². The van der Waals surface area contributed by atoms with Crippen LogP contribution in [0.3, 0.4) is 0 Å². The highest BCUT2D eigenvalue weighted by molar-refractivity contribution is 7.43. The first kappa shape index (κ1) is 21.1. The van der Waals surface area contributed by atoms with E-state index in [9.17, 15) is 33.8 Å². The number of nitrogens with zero attached hydrogens (tertiary/aromatic N) is 1. The number of carbonyl (C=O) groups excluding carboxylic acids is 1. The zero-order chi connectivity index (χ0) is 21.3. The lowest BCUT2D eigenvalue weighted by Gasteiger charge is -2.30.